The average Bonchev–Trinajstić information content (AvgIpc) is 1.64. The zero-order valence-corrected chi connectivity index (χ0v) is 6.20. The molecule has 9 heavy (non-hydrogen) atoms. The van der Waals surface area contributed by atoms with Crippen LogP contribution in [-0.4, -0.2) is 5.12 Å². The highest BCUT2D eigenvalue weighted by Gasteiger charge is 2.03. The van der Waals surface area contributed by atoms with Crippen molar-refractivity contribution in [3.05, 3.63) is 11.1 Å². The van der Waals surface area contributed by atoms with Crippen LogP contribution >= 0.6 is 12.6 Å². The van der Waals surface area contributed by atoms with E-state index >= 15 is 0 Å². The minimum Gasteiger partial charge on any atom is -0.281 e. The van der Waals surface area contributed by atoms with E-state index in [9.17, 15) is 4.79 Å². The minimum absolute atomic E-state index is 0.137. The van der Waals surface area contributed by atoms with Crippen molar-refractivity contribution >= 4 is 17.7 Å². The number of thiol groups is 1. The van der Waals surface area contributed by atoms with Crippen molar-refractivity contribution in [2.45, 2.75) is 13.8 Å². The number of carbonyl (C=O) groups excluding carboxylic acids is 1. The van der Waals surface area contributed by atoms with Crippen molar-refractivity contribution in [1.29, 1.82) is 5.26 Å². The van der Waals surface area contributed by atoms with Gasteiger partial charge in [0.15, 0.2) is 0 Å². The summed E-state index contributed by atoms with van der Waals surface area (Å²) in [5.41, 5.74) is 0.843. The zero-order chi connectivity index (χ0) is 7.44. The Labute approximate surface area is 59.6 Å². The molecule has 0 aliphatic carbocycles. The first-order valence-corrected chi connectivity index (χ1v) is 2.85. The average molecular weight is 141 g/mol. The maximum Gasteiger partial charge on any atom is 0.226 e. The first-order valence-electron chi connectivity index (χ1n) is 2.40. The Morgan fingerprint density at radius 1 is 1.56 bits per heavy atom. The molecule has 0 aromatic carbocycles. The molecule has 0 saturated heterocycles. The number of nitriles is 1. The lowest BCUT2D eigenvalue weighted by Crippen LogP contribution is -1.91. The molecule has 0 heterocycles. The minimum atomic E-state index is -0.461. The standard InChI is InChI=1S/C6H7NOS/c1-4(2)5(3-7)6(8)9/h1-2H3,(H,8,9). The fourth-order valence-corrected chi connectivity index (χ4v) is 0.647. The summed E-state index contributed by atoms with van der Waals surface area (Å²) in [7, 11) is 0. The second-order valence-electron chi connectivity index (χ2n) is 1.79. The molecule has 48 valence electrons. The van der Waals surface area contributed by atoms with Gasteiger partial charge in [0.1, 0.15) is 11.6 Å². The largest absolute Gasteiger partial charge is 0.281 e. The summed E-state index contributed by atoms with van der Waals surface area (Å²) in [6.45, 7) is 3.40. The molecule has 0 spiro atoms. The molecule has 0 atom stereocenters. The van der Waals surface area contributed by atoms with Crippen LogP contribution in [0.5, 0.6) is 0 Å². The smallest absolute Gasteiger partial charge is 0.226 e. The van der Waals surface area contributed by atoms with Gasteiger partial charge in [-0.25, -0.2) is 0 Å². The second kappa shape index (κ2) is 3.31. The van der Waals surface area contributed by atoms with Gasteiger partial charge in [0.05, 0.1) is 0 Å². The Balaban J connectivity index is 4.62. The molecule has 0 aliphatic rings. The van der Waals surface area contributed by atoms with E-state index in [1.807, 2.05) is 0 Å². The zero-order valence-electron chi connectivity index (χ0n) is 5.30. The summed E-state index contributed by atoms with van der Waals surface area (Å²) in [5, 5.41) is 7.83. The molecule has 0 unspecified atom stereocenters. The Morgan fingerprint density at radius 2 is 2.00 bits per heavy atom. The Kier molecular flexibility index (Phi) is 3.03. The van der Waals surface area contributed by atoms with Crippen LogP contribution in [0, 0.1) is 11.3 Å². The molecule has 0 bridgehead atoms. The lowest BCUT2D eigenvalue weighted by atomic mass is 10.2. The SMILES string of the molecule is CC(C)=C(C#N)C(=O)S. The predicted molar refractivity (Wildman–Crippen MR) is 38.0 cm³/mol. The molecule has 0 radical (unpaired) electrons. The summed E-state index contributed by atoms with van der Waals surface area (Å²) >= 11 is 3.49. The number of rotatable bonds is 1. The molecule has 0 aliphatic heterocycles. The number of carbonyl (C=O) groups is 1. The topological polar surface area (TPSA) is 40.9 Å². The molecule has 3 heteroatoms. The van der Waals surface area contributed by atoms with Crippen molar-refractivity contribution < 1.29 is 4.79 Å². The van der Waals surface area contributed by atoms with Crippen molar-refractivity contribution in [2.75, 3.05) is 0 Å². The van der Waals surface area contributed by atoms with Crippen molar-refractivity contribution in [3.63, 3.8) is 0 Å². The summed E-state index contributed by atoms with van der Waals surface area (Å²) in [6, 6.07) is 1.75. The van der Waals surface area contributed by atoms with Gasteiger partial charge in [-0.2, -0.15) is 5.26 Å². The van der Waals surface area contributed by atoms with Crippen molar-refractivity contribution in [2.24, 2.45) is 0 Å². The monoisotopic (exact) mass is 141 g/mol. The third-order valence-corrected chi connectivity index (χ3v) is 1.05. The van der Waals surface area contributed by atoms with Crippen molar-refractivity contribution in [1.82, 2.24) is 0 Å². The lowest BCUT2D eigenvalue weighted by Gasteiger charge is -1.90. The summed E-state index contributed by atoms with van der Waals surface area (Å²) < 4.78 is 0. The van der Waals surface area contributed by atoms with E-state index in [4.69, 9.17) is 5.26 Å². The quantitative estimate of drug-likeness (QED) is 0.340. The summed E-state index contributed by atoms with van der Waals surface area (Å²) in [5.74, 6) is 0. The van der Waals surface area contributed by atoms with E-state index in [0.29, 0.717) is 5.57 Å². The van der Waals surface area contributed by atoms with E-state index in [1.165, 1.54) is 0 Å². The van der Waals surface area contributed by atoms with Gasteiger partial charge in [-0.1, -0.05) is 18.2 Å². The number of hydrogen-bond donors (Lipinski definition) is 1. The van der Waals surface area contributed by atoms with Gasteiger partial charge < -0.3 is 0 Å². The number of hydrogen-bond acceptors (Lipinski definition) is 2. The van der Waals surface area contributed by atoms with Gasteiger partial charge in [0.25, 0.3) is 0 Å². The Morgan fingerprint density at radius 3 is 2.00 bits per heavy atom. The van der Waals surface area contributed by atoms with Crippen LogP contribution in [0.15, 0.2) is 11.1 Å². The lowest BCUT2D eigenvalue weighted by molar-refractivity contribution is -0.107. The highest BCUT2D eigenvalue weighted by Crippen LogP contribution is 2.04. The third-order valence-electron chi connectivity index (χ3n) is 0.826. The van der Waals surface area contributed by atoms with E-state index in [2.05, 4.69) is 12.6 Å². The van der Waals surface area contributed by atoms with Crippen LogP contribution < -0.4 is 0 Å². The van der Waals surface area contributed by atoms with E-state index in [0.717, 1.165) is 0 Å². The van der Waals surface area contributed by atoms with Gasteiger partial charge in [-0.3, -0.25) is 4.79 Å². The van der Waals surface area contributed by atoms with Crippen LogP contribution in [0.1, 0.15) is 13.8 Å². The molecule has 0 fully saturated rings. The molecule has 0 aromatic heterocycles. The van der Waals surface area contributed by atoms with Gasteiger partial charge in [-0.05, 0) is 13.8 Å². The molecule has 0 aromatic rings. The molecule has 0 amide bonds. The van der Waals surface area contributed by atoms with Gasteiger partial charge in [0.2, 0.25) is 5.12 Å². The first-order chi connectivity index (χ1) is 4.09. The molecule has 2 nitrogen and oxygen atoms in total. The van der Waals surface area contributed by atoms with E-state index in [1.54, 1.807) is 19.9 Å². The van der Waals surface area contributed by atoms with Crippen LogP contribution in [0.2, 0.25) is 0 Å². The van der Waals surface area contributed by atoms with Crippen molar-refractivity contribution in [3.8, 4) is 6.07 Å². The Bertz CT molecular complexity index is 196. The van der Waals surface area contributed by atoms with E-state index < -0.39 is 5.12 Å². The molecular weight excluding hydrogens is 134 g/mol. The fraction of sp³-hybridized carbons (Fsp3) is 0.333. The summed E-state index contributed by atoms with van der Waals surface area (Å²) in [6.07, 6.45) is 0. The number of nitrogens with zero attached hydrogens (tertiary/aromatic N) is 1. The van der Waals surface area contributed by atoms with E-state index in [-0.39, 0.29) is 5.57 Å². The maximum atomic E-state index is 10.4. The van der Waals surface area contributed by atoms with Crippen LogP contribution in [0.3, 0.4) is 0 Å². The molecule has 0 rings (SSSR count). The summed E-state index contributed by atoms with van der Waals surface area (Å²) in [4.78, 5) is 10.4. The second-order valence-corrected chi connectivity index (χ2v) is 2.20. The van der Waals surface area contributed by atoms with Crippen LogP contribution in [0.25, 0.3) is 0 Å². The van der Waals surface area contributed by atoms with Crippen LogP contribution in [-0.2, 0) is 4.79 Å². The van der Waals surface area contributed by atoms with Gasteiger partial charge in [0, 0.05) is 0 Å². The number of allylic oxidation sites excluding steroid dienone is 1. The third kappa shape index (κ3) is 2.34. The molecular formula is C6H7NOS. The maximum absolute atomic E-state index is 10.4. The van der Waals surface area contributed by atoms with Gasteiger partial charge >= 0.3 is 0 Å². The predicted octanol–water partition coefficient (Wildman–Crippen LogP) is 1.30. The highest BCUT2D eigenvalue weighted by molar-refractivity contribution is 7.97. The highest BCUT2D eigenvalue weighted by atomic mass is 32.1. The van der Waals surface area contributed by atoms with Crippen LogP contribution in [0.4, 0.5) is 0 Å². The normalized spacial score (nSPS) is 7.78. The molecule has 0 N–H and O–H groups in total. The Hall–Kier alpha value is -0.750. The van der Waals surface area contributed by atoms with Gasteiger partial charge in [-0.15, -0.1) is 0 Å². The fourth-order valence-electron chi connectivity index (χ4n) is 0.373. The first kappa shape index (κ1) is 8.25. The molecule has 0 saturated carbocycles.